The third-order valence-electron chi connectivity index (χ3n) is 3.55. The number of nitrogens with one attached hydrogen (secondary N) is 1. The molecule has 2 heterocycles. The van der Waals surface area contributed by atoms with Crippen LogP contribution in [0, 0.1) is 0 Å². The molecule has 128 valence electrons. The summed E-state index contributed by atoms with van der Waals surface area (Å²) in [5.74, 6) is -0.928. The number of hydrogen-bond donors (Lipinski definition) is 2. The van der Waals surface area contributed by atoms with Gasteiger partial charge in [-0.1, -0.05) is 30.3 Å². The highest BCUT2D eigenvalue weighted by Crippen LogP contribution is 2.16. The number of aliphatic hydroxyl groups excluding tert-OH is 1. The minimum absolute atomic E-state index is 0.0633. The molecule has 1 aromatic carbocycles. The van der Waals surface area contributed by atoms with Crippen molar-refractivity contribution in [2.75, 3.05) is 7.11 Å². The van der Waals surface area contributed by atoms with Crippen molar-refractivity contribution in [3.63, 3.8) is 0 Å². The zero-order chi connectivity index (χ0) is 17.6. The number of aromatic nitrogens is 6. The van der Waals surface area contributed by atoms with Crippen molar-refractivity contribution in [3.05, 3.63) is 66.0 Å². The fraction of sp³-hybridized carbons (Fsp3) is 0.188. The third-order valence-corrected chi connectivity index (χ3v) is 3.55. The molecule has 0 bridgehead atoms. The second-order valence-electron chi connectivity index (χ2n) is 5.22. The molecule has 2 N–H and O–H groups in total. The van der Waals surface area contributed by atoms with Gasteiger partial charge in [0, 0.05) is 25.8 Å². The van der Waals surface area contributed by atoms with Crippen molar-refractivity contribution in [3.8, 4) is 0 Å². The summed E-state index contributed by atoms with van der Waals surface area (Å²) in [6.07, 6.45) is 4.41. The molecule has 3 aromatic rings. The molecular formula is C16H16N6O3. The van der Waals surface area contributed by atoms with Gasteiger partial charge in [-0.15, -0.1) is 10.2 Å². The molecule has 0 amide bonds. The molecule has 0 radical (unpaired) electrons. The summed E-state index contributed by atoms with van der Waals surface area (Å²) >= 11 is 0. The van der Waals surface area contributed by atoms with Gasteiger partial charge in [0.05, 0.1) is 6.33 Å². The Labute approximate surface area is 143 Å². The van der Waals surface area contributed by atoms with Gasteiger partial charge < -0.3 is 14.4 Å². The number of aromatic amines is 1. The smallest absolute Gasteiger partial charge is 0.239 e. The predicted octanol–water partition coefficient (Wildman–Crippen LogP) is 1.57. The molecule has 0 aliphatic rings. The first-order valence-electron chi connectivity index (χ1n) is 7.46. The molecule has 0 aliphatic heterocycles. The first-order chi connectivity index (χ1) is 12.2. The van der Waals surface area contributed by atoms with Gasteiger partial charge >= 0.3 is 0 Å². The Kier molecular flexibility index (Phi) is 4.95. The lowest BCUT2D eigenvalue weighted by Gasteiger charge is -2.16. The molecule has 3 rings (SSSR count). The summed E-state index contributed by atoms with van der Waals surface area (Å²) in [4.78, 5) is 16.3. The summed E-state index contributed by atoms with van der Waals surface area (Å²) in [6, 6.07) is 9.86. The van der Waals surface area contributed by atoms with E-state index in [0.717, 1.165) is 11.6 Å². The molecule has 1 atom stereocenters. The van der Waals surface area contributed by atoms with Crippen molar-refractivity contribution < 1.29 is 14.6 Å². The number of ether oxygens (including phenoxy) is 1. The topological polar surface area (TPSA) is 119 Å². The summed E-state index contributed by atoms with van der Waals surface area (Å²) in [5, 5.41) is 22.5. The highest BCUT2D eigenvalue weighted by Gasteiger charge is 2.15. The average Bonchev–Trinajstić information content (AvgIpc) is 3.32. The van der Waals surface area contributed by atoms with Crippen molar-refractivity contribution in [2.45, 2.75) is 12.6 Å². The molecule has 0 saturated carbocycles. The summed E-state index contributed by atoms with van der Waals surface area (Å²) < 4.78 is 7.20. The number of imidazole rings is 1. The van der Waals surface area contributed by atoms with Crippen LogP contribution in [0.15, 0.2) is 48.9 Å². The Morgan fingerprint density at radius 2 is 2.20 bits per heavy atom. The maximum absolute atomic E-state index is 12.2. The molecule has 9 nitrogen and oxygen atoms in total. The Morgan fingerprint density at radius 3 is 2.88 bits per heavy atom. The number of benzene rings is 1. The number of rotatable bonds is 7. The van der Waals surface area contributed by atoms with Gasteiger partial charge in [0.15, 0.2) is 5.76 Å². The van der Waals surface area contributed by atoms with Crippen LogP contribution in [-0.2, 0) is 11.2 Å². The third kappa shape index (κ3) is 3.96. The van der Waals surface area contributed by atoms with Gasteiger partial charge in [-0.3, -0.25) is 4.79 Å². The molecule has 0 aliphatic carbocycles. The molecule has 25 heavy (non-hydrogen) atoms. The van der Waals surface area contributed by atoms with Crippen LogP contribution in [0.5, 0.6) is 0 Å². The van der Waals surface area contributed by atoms with E-state index in [1.54, 1.807) is 17.9 Å². The summed E-state index contributed by atoms with van der Waals surface area (Å²) in [5.41, 5.74) is 1.27. The van der Waals surface area contributed by atoms with E-state index < -0.39 is 5.78 Å². The van der Waals surface area contributed by atoms with Crippen LogP contribution >= 0.6 is 0 Å². The molecule has 9 heteroatoms. The van der Waals surface area contributed by atoms with E-state index in [1.165, 1.54) is 6.33 Å². The van der Waals surface area contributed by atoms with Gasteiger partial charge in [-0.2, -0.15) is 5.21 Å². The number of carbonyl (C=O) groups is 1. The maximum Gasteiger partial charge on any atom is 0.239 e. The number of methoxy groups -OCH3 is 1. The maximum atomic E-state index is 12.2. The van der Waals surface area contributed by atoms with E-state index in [1.807, 2.05) is 30.3 Å². The van der Waals surface area contributed by atoms with Gasteiger partial charge in [0.25, 0.3) is 0 Å². The number of ketones is 1. The monoisotopic (exact) mass is 340 g/mol. The normalized spacial score (nSPS) is 12.9. The lowest BCUT2D eigenvalue weighted by molar-refractivity contribution is 0.0444. The standard InChI is InChI=1S/C16H16N6O3/c1-25-15(7-11-5-3-2-4-6-11)22-9-12(17-10-22)13(23)8-14(24)16-18-20-21-19-16/h2-6,8-10,15,24H,7H2,1H3,(H,18,19,20,21). The number of aliphatic hydroxyl groups is 1. The number of nitrogens with zero attached hydrogens (tertiary/aromatic N) is 5. The second-order valence-corrected chi connectivity index (χ2v) is 5.22. The second kappa shape index (κ2) is 7.49. The first-order valence-corrected chi connectivity index (χ1v) is 7.46. The SMILES string of the molecule is COC(Cc1ccccc1)n1cnc(C(=O)C=C(O)c2nn[nH]n2)c1. The number of H-pyrrole nitrogens is 1. The van der Waals surface area contributed by atoms with Crippen molar-refractivity contribution in [1.82, 2.24) is 30.2 Å². The van der Waals surface area contributed by atoms with Gasteiger partial charge in [-0.25, -0.2) is 4.98 Å². The zero-order valence-electron chi connectivity index (χ0n) is 13.4. The van der Waals surface area contributed by atoms with Crippen LogP contribution < -0.4 is 0 Å². The molecule has 0 saturated heterocycles. The van der Waals surface area contributed by atoms with E-state index in [4.69, 9.17) is 4.74 Å². The predicted molar refractivity (Wildman–Crippen MR) is 87.5 cm³/mol. The Balaban J connectivity index is 1.74. The molecule has 2 aromatic heterocycles. The molecule has 1 unspecified atom stereocenters. The summed E-state index contributed by atoms with van der Waals surface area (Å²) in [6.45, 7) is 0. The lowest BCUT2D eigenvalue weighted by atomic mass is 10.1. The Bertz CT molecular complexity index is 857. The molecular weight excluding hydrogens is 324 g/mol. The van der Waals surface area contributed by atoms with E-state index in [0.29, 0.717) is 6.42 Å². The van der Waals surface area contributed by atoms with E-state index in [-0.39, 0.29) is 23.5 Å². The van der Waals surface area contributed by atoms with E-state index in [2.05, 4.69) is 25.6 Å². The van der Waals surface area contributed by atoms with Crippen molar-refractivity contribution in [2.24, 2.45) is 0 Å². The first kappa shape index (κ1) is 16.5. The number of tetrazole rings is 1. The zero-order valence-corrected chi connectivity index (χ0v) is 13.4. The Hall–Kier alpha value is -3.33. The highest BCUT2D eigenvalue weighted by atomic mass is 16.5. The number of carbonyl (C=O) groups excluding carboxylic acids is 1. The average molecular weight is 340 g/mol. The highest BCUT2D eigenvalue weighted by molar-refractivity contribution is 6.06. The number of allylic oxidation sites excluding steroid dienone is 1. The minimum Gasteiger partial charge on any atom is -0.504 e. The van der Waals surface area contributed by atoms with Crippen LogP contribution in [0.1, 0.15) is 28.1 Å². The lowest BCUT2D eigenvalue weighted by Crippen LogP contribution is -2.12. The largest absolute Gasteiger partial charge is 0.504 e. The van der Waals surface area contributed by atoms with Crippen molar-refractivity contribution >= 4 is 11.5 Å². The minimum atomic E-state index is -0.476. The van der Waals surface area contributed by atoms with Crippen molar-refractivity contribution in [1.29, 1.82) is 0 Å². The van der Waals surface area contributed by atoms with Gasteiger partial charge in [-0.05, 0) is 10.8 Å². The number of hydrogen-bond acceptors (Lipinski definition) is 7. The van der Waals surface area contributed by atoms with E-state index in [9.17, 15) is 9.90 Å². The van der Waals surface area contributed by atoms with Gasteiger partial charge in [0.1, 0.15) is 11.9 Å². The van der Waals surface area contributed by atoms with Crippen LogP contribution in [0.25, 0.3) is 5.76 Å². The van der Waals surface area contributed by atoms with Crippen LogP contribution in [0.3, 0.4) is 0 Å². The quantitative estimate of drug-likeness (QED) is 0.380. The molecule has 0 fully saturated rings. The summed E-state index contributed by atoms with van der Waals surface area (Å²) in [7, 11) is 1.59. The Morgan fingerprint density at radius 1 is 1.40 bits per heavy atom. The van der Waals surface area contributed by atoms with Crippen LogP contribution in [0.2, 0.25) is 0 Å². The fourth-order valence-corrected chi connectivity index (χ4v) is 2.28. The van der Waals surface area contributed by atoms with E-state index >= 15 is 0 Å². The van der Waals surface area contributed by atoms with Gasteiger partial charge in [0.2, 0.25) is 11.6 Å². The fourth-order valence-electron chi connectivity index (χ4n) is 2.28. The molecule has 0 spiro atoms. The van der Waals surface area contributed by atoms with Crippen LogP contribution in [-0.4, -0.2) is 48.2 Å². The van der Waals surface area contributed by atoms with Crippen LogP contribution in [0.4, 0.5) is 0 Å².